The minimum Gasteiger partial charge on any atom is -0.740 e. The highest BCUT2D eigenvalue weighted by Crippen LogP contribution is 2.30. The molecule has 0 aliphatic carbocycles. The maximum atomic E-state index is 11.2. The summed E-state index contributed by atoms with van der Waals surface area (Å²) in [6.45, 7) is 7.77. The van der Waals surface area contributed by atoms with Gasteiger partial charge in [-0.1, -0.05) is 18.2 Å². The van der Waals surface area contributed by atoms with Crippen LogP contribution in [0, 0.1) is 27.9 Å². The highest BCUT2D eigenvalue weighted by molar-refractivity contribution is 5.42. The Morgan fingerprint density at radius 2 is 1.61 bits per heavy atom. The molecular formula is C17H19N5O. The Kier molecular flexibility index (Phi) is 4.12. The Morgan fingerprint density at radius 1 is 1.09 bits per heavy atom. The molecule has 0 saturated carbocycles. The van der Waals surface area contributed by atoms with Crippen LogP contribution in [0.2, 0.25) is 0 Å². The summed E-state index contributed by atoms with van der Waals surface area (Å²) in [5.41, 5.74) is 1.25. The number of aromatic nitrogens is 3. The lowest BCUT2D eigenvalue weighted by Gasteiger charge is -2.22. The summed E-state index contributed by atoms with van der Waals surface area (Å²) in [7, 11) is 0. The second-order valence-electron chi connectivity index (χ2n) is 6.70. The summed E-state index contributed by atoms with van der Waals surface area (Å²) in [5, 5.41) is 34.0. The zero-order chi connectivity index (χ0) is 17.3. The third-order valence-electron chi connectivity index (χ3n) is 3.90. The summed E-state index contributed by atoms with van der Waals surface area (Å²) in [6.07, 6.45) is 2.53. The molecule has 1 heterocycles. The quantitative estimate of drug-likeness (QED) is 0.639. The number of nitrogens with zero attached hydrogens (tertiary/aromatic N) is 5. The van der Waals surface area contributed by atoms with Crippen LogP contribution in [0.25, 0.3) is 0 Å². The SMILES string of the molecule is CC(C)(C#N)c1cc(Cn2c[n+]([O-])cn2)cc(C(C)(C)C#N)c1. The van der Waals surface area contributed by atoms with E-state index in [9.17, 15) is 15.7 Å². The van der Waals surface area contributed by atoms with Gasteiger partial charge >= 0.3 is 0 Å². The van der Waals surface area contributed by atoms with Crippen LogP contribution in [0.3, 0.4) is 0 Å². The van der Waals surface area contributed by atoms with E-state index in [0.717, 1.165) is 16.7 Å². The van der Waals surface area contributed by atoms with Crippen molar-refractivity contribution in [2.24, 2.45) is 0 Å². The van der Waals surface area contributed by atoms with E-state index in [1.54, 1.807) is 0 Å². The molecule has 6 heteroatoms. The van der Waals surface area contributed by atoms with Gasteiger partial charge in [-0.15, -0.1) is 4.68 Å². The minimum absolute atomic E-state index is 0.402. The van der Waals surface area contributed by atoms with Crippen LogP contribution in [0.15, 0.2) is 30.9 Å². The van der Waals surface area contributed by atoms with Gasteiger partial charge in [0.2, 0.25) is 6.33 Å². The van der Waals surface area contributed by atoms with E-state index in [1.807, 2.05) is 45.9 Å². The van der Waals surface area contributed by atoms with E-state index >= 15 is 0 Å². The van der Waals surface area contributed by atoms with Crippen molar-refractivity contribution in [2.75, 3.05) is 0 Å². The largest absolute Gasteiger partial charge is 0.740 e. The highest BCUT2D eigenvalue weighted by Gasteiger charge is 2.26. The standard InChI is InChI=1S/C17H19N5O/c1-16(2,9-18)14-5-13(8-21-12-22(23)11-20-21)6-15(7-14)17(3,4)10-19/h5-7,11-12H,8H2,1-4H3. The van der Waals surface area contributed by atoms with Crippen molar-refractivity contribution in [1.82, 2.24) is 9.78 Å². The number of hydrogen-bond acceptors (Lipinski definition) is 4. The van der Waals surface area contributed by atoms with E-state index in [2.05, 4.69) is 17.2 Å². The van der Waals surface area contributed by atoms with Crippen molar-refractivity contribution in [3.8, 4) is 12.1 Å². The lowest BCUT2D eigenvalue weighted by molar-refractivity contribution is -0.606. The maximum Gasteiger partial charge on any atom is 0.265 e. The fraction of sp³-hybridized carbons (Fsp3) is 0.412. The van der Waals surface area contributed by atoms with E-state index in [1.165, 1.54) is 17.3 Å². The van der Waals surface area contributed by atoms with E-state index in [-0.39, 0.29) is 0 Å². The first kappa shape index (κ1) is 16.5. The van der Waals surface area contributed by atoms with Gasteiger partial charge < -0.3 is 5.21 Å². The molecule has 0 amide bonds. The zero-order valence-corrected chi connectivity index (χ0v) is 13.7. The molecule has 1 aromatic heterocycles. The third kappa shape index (κ3) is 3.49. The van der Waals surface area contributed by atoms with Gasteiger partial charge in [0, 0.05) is 5.10 Å². The van der Waals surface area contributed by atoms with E-state index in [4.69, 9.17) is 0 Å². The van der Waals surface area contributed by atoms with E-state index in [0.29, 0.717) is 11.3 Å². The maximum absolute atomic E-state index is 11.2. The first-order valence-electron chi connectivity index (χ1n) is 7.26. The van der Waals surface area contributed by atoms with Crippen molar-refractivity contribution >= 4 is 0 Å². The van der Waals surface area contributed by atoms with Gasteiger partial charge in [0.25, 0.3) is 6.33 Å². The smallest absolute Gasteiger partial charge is 0.265 e. The zero-order valence-electron chi connectivity index (χ0n) is 13.7. The lowest BCUT2D eigenvalue weighted by atomic mass is 9.79. The number of benzene rings is 1. The molecule has 2 aromatic rings. The Morgan fingerprint density at radius 3 is 2.00 bits per heavy atom. The van der Waals surface area contributed by atoms with Gasteiger partial charge in [0.15, 0.2) is 0 Å². The molecule has 0 atom stereocenters. The molecule has 0 aliphatic rings. The van der Waals surface area contributed by atoms with Gasteiger partial charge in [0.1, 0.15) is 6.54 Å². The third-order valence-corrected chi connectivity index (χ3v) is 3.90. The van der Waals surface area contributed by atoms with Gasteiger partial charge in [-0.2, -0.15) is 10.5 Å². The Balaban J connectivity index is 2.54. The van der Waals surface area contributed by atoms with Gasteiger partial charge in [-0.05, 0) is 44.4 Å². The Hall–Kier alpha value is -2.86. The summed E-state index contributed by atoms with van der Waals surface area (Å²) < 4.78 is 2.15. The number of hydrogen-bond donors (Lipinski definition) is 0. The van der Waals surface area contributed by atoms with Gasteiger partial charge in [0.05, 0.1) is 23.0 Å². The first-order chi connectivity index (χ1) is 10.7. The van der Waals surface area contributed by atoms with E-state index < -0.39 is 10.8 Å². The van der Waals surface area contributed by atoms with Crippen LogP contribution < -0.4 is 4.73 Å². The first-order valence-corrected chi connectivity index (χ1v) is 7.26. The van der Waals surface area contributed by atoms with Crippen LogP contribution in [0.4, 0.5) is 0 Å². The Bertz CT molecular complexity index is 761. The molecule has 6 nitrogen and oxygen atoms in total. The molecule has 1 aromatic carbocycles. The highest BCUT2D eigenvalue weighted by atomic mass is 16.5. The number of rotatable bonds is 4. The molecule has 0 aliphatic heterocycles. The van der Waals surface area contributed by atoms with Crippen molar-refractivity contribution in [2.45, 2.75) is 45.1 Å². The molecule has 0 fully saturated rings. The van der Waals surface area contributed by atoms with Crippen LogP contribution in [-0.2, 0) is 17.4 Å². The van der Waals surface area contributed by atoms with Crippen molar-refractivity contribution < 1.29 is 4.73 Å². The molecule has 23 heavy (non-hydrogen) atoms. The second kappa shape index (κ2) is 5.73. The van der Waals surface area contributed by atoms with Crippen LogP contribution in [-0.4, -0.2) is 9.78 Å². The summed E-state index contributed by atoms with van der Waals surface area (Å²) in [4.78, 5) is 0. The average Bonchev–Trinajstić information content (AvgIpc) is 2.92. The molecule has 0 radical (unpaired) electrons. The lowest BCUT2D eigenvalue weighted by Crippen LogP contribution is -2.22. The molecule has 0 saturated heterocycles. The molecule has 0 unspecified atom stereocenters. The fourth-order valence-electron chi connectivity index (χ4n) is 2.21. The minimum atomic E-state index is -0.668. The molecule has 2 rings (SSSR count). The number of nitriles is 2. The molecule has 0 N–H and O–H groups in total. The fourth-order valence-corrected chi connectivity index (χ4v) is 2.21. The second-order valence-corrected chi connectivity index (χ2v) is 6.70. The summed E-state index contributed by atoms with van der Waals surface area (Å²) in [5.74, 6) is 0. The topological polar surface area (TPSA) is 92.3 Å². The normalized spacial score (nSPS) is 11.7. The van der Waals surface area contributed by atoms with Crippen molar-refractivity contribution in [3.63, 3.8) is 0 Å². The molecule has 118 valence electrons. The Labute approximate surface area is 135 Å². The van der Waals surface area contributed by atoms with Gasteiger partial charge in [-0.3, -0.25) is 4.73 Å². The van der Waals surface area contributed by atoms with Crippen molar-refractivity contribution in [3.05, 3.63) is 52.8 Å². The van der Waals surface area contributed by atoms with Gasteiger partial charge in [-0.25, -0.2) is 0 Å². The summed E-state index contributed by atoms with van der Waals surface area (Å²) >= 11 is 0. The van der Waals surface area contributed by atoms with Crippen LogP contribution in [0.5, 0.6) is 0 Å². The average molecular weight is 309 g/mol. The molecular weight excluding hydrogens is 290 g/mol. The molecule has 0 spiro atoms. The van der Waals surface area contributed by atoms with Crippen LogP contribution >= 0.6 is 0 Å². The molecule has 0 bridgehead atoms. The predicted octanol–water partition coefficient (Wildman–Crippen LogP) is 2.17. The van der Waals surface area contributed by atoms with Crippen molar-refractivity contribution in [1.29, 1.82) is 10.5 Å². The summed E-state index contributed by atoms with van der Waals surface area (Å²) in [6, 6.07) is 10.3. The monoisotopic (exact) mass is 309 g/mol. The predicted molar refractivity (Wildman–Crippen MR) is 84.0 cm³/mol. The van der Waals surface area contributed by atoms with Crippen LogP contribution in [0.1, 0.15) is 44.4 Å².